The fourth-order valence-electron chi connectivity index (χ4n) is 2.71. The molecule has 2 N–H and O–H groups in total. The first kappa shape index (κ1) is 17.9. The van der Waals surface area contributed by atoms with Crippen LogP contribution in [0.2, 0.25) is 0 Å². The Hall–Kier alpha value is -3.52. The third-order valence-corrected chi connectivity index (χ3v) is 5.03. The molecule has 3 aromatic rings. The summed E-state index contributed by atoms with van der Waals surface area (Å²) in [5.74, 6) is 0.643. The van der Waals surface area contributed by atoms with Crippen molar-refractivity contribution in [2.45, 2.75) is 6.54 Å². The van der Waals surface area contributed by atoms with Gasteiger partial charge in [-0.3, -0.25) is 19.3 Å². The van der Waals surface area contributed by atoms with Crippen molar-refractivity contribution in [3.63, 3.8) is 0 Å². The first-order valence-electron chi connectivity index (χ1n) is 8.29. The standard InChI is InChI=1S/C20H14N2O5S/c21-18(23)13-5-3-12(4-6-13)16-8-7-14(27-16)10-17-19(24)22(20(25)28-17)11-15-2-1-9-26-15/h1-10H,11H2,(H2,21,23)/b17-10+. The molecule has 3 heterocycles. The maximum Gasteiger partial charge on any atom is 0.293 e. The average Bonchev–Trinajstić information content (AvgIpc) is 3.41. The van der Waals surface area contributed by atoms with Crippen molar-refractivity contribution < 1.29 is 23.2 Å². The lowest BCUT2D eigenvalue weighted by molar-refractivity contribution is -0.123. The van der Waals surface area contributed by atoms with Gasteiger partial charge in [0.2, 0.25) is 5.91 Å². The number of carbonyl (C=O) groups is 3. The maximum atomic E-state index is 12.5. The number of hydrogen-bond acceptors (Lipinski definition) is 6. The number of benzene rings is 1. The summed E-state index contributed by atoms with van der Waals surface area (Å²) in [5, 5.41) is -0.360. The van der Waals surface area contributed by atoms with E-state index >= 15 is 0 Å². The van der Waals surface area contributed by atoms with Crippen LogP contribution in [0.1, 0.15) is 21.9 Å². The first-order chi connectivity index (χ1) is 13.5. The number of thioether (sulfide) groups is 1. The van der Waals surface area contributed by atoms with Gasteiger partial charge in [0.15, 0.2) is 0 Å². The predicted molar refractivity (Wildman–Crippen MR) is 103 cm³/mol. The Kier molecular flexibility index (Phi) is 4.62. The number of nitrogens with zero attached hydrogens (tertiary/aromatic N) is 1. The van der Waals surface area contributed by atoms with E-state index in [0.717, 1.165) is 22.2 Å². The Balaban J connectivity index is 1.52. The van der Waals surface area contributed by atoms with E-state index in [1.165, 1.54) is 12.3 Å². The molecule has 28 heavy (non-hydrogen) atoms. The minimum absolute atomic E-state index is 0.0879. The molecule has 1 saturated heterocycles. The highest BCUT2D eigenvalue weighted by molar-refractivity contribution is 8.18. The van der Waals surface area contributed by atoms with Crippen LogP contribution in [0.25, 0.3) is 17.4 Å². The molecule has 0 atom stereocenters. The smallest absolute Gasteiger partial charge is 0.293 e. The molecule has 8 heteroatoms. The van der Waals surface area contributed by atoms with Gasteiger partial charge in [0, 0.05) is 17.2 Å². The first-order valence-corrected chi connectivity index (χ1v) is 9.11. The minimum Gasteiger partial charge on any atom is -0.467 e. The Bertz CT molecular complexity index is 1080. The summed E-state index contributed by atoms with van der Waals surface area (Å²) in [6.45, 7) is 0.0879. The number of carbonyl (C=O) groups excluding carboxylic acids is 3. The summed E-state index contributed by atoms with van der Waals surface area (Å²) in [6, 6.07) is 13.5. The fourth-order valence-corrected chi connectivity index (χ4v) is 3.53. The molecular formula is C20H14N2O5S. The lowest BCUT2D eigenvalue weighted by Gasteiger charge is -2.09. The van der Waals surface area contributed by atoms with Gasteiger partial charge in [0.25, 0.3) is 11.1 Å². The molecule has 2 aromatic heterocycles. The van der Waals surface area contributed by atoms with E-state index in [0.29, 0.717) is 22.8 Å². The number of hydrogen-bond donors (Lipinski definition) is 1. The number of imide groups is 1. The molecule has 140 valence electrons. The summed E-state index contributed by atoms with van der Waals surface area (Å²) in [5.41, 5.74) is 6.40. The van der Waals surface area contributed by atoms with Gasteiger partial charge in [-0.2, -0.15) is 0 Å². The summed E-state index contributed by atoms with van der Waals surface area (Å²) < 4.78 is 10.9. The van der Waals surface area contributed by atoms with Crippen LogP contribution in [0.5, 0.6) is 0 Å². The lowest BCUT2D eigenvalue weighted by atomic mass is 10.1. The van der Waals surface area contributed by atoms with E-state index in [1.807, 2.05) is 0 Å². The lowest BCUT2D eigenvalue weighted by Crippen LogP contribution is -2.27. The molecule has 7 nitrogen and oxygen atoms in total. The van der Waals surface area contributed by atoms with Crippen LogP contribution in [0.3, 0.4) is 0 Å². The third kappa shape index (κ3) is 3.49. The van der Waals surface area contributed by atoms with Crippen molar-refractivity contribution >= 4 is 34.9 Å². The highest BCUT2D eigenvalue weighted by Gasteiger charge is 2.35. The van der Waals surface area contributed by atoms with E-state index in [-0.39, 0.29) is 16.7 Å². The molecule has 3 amide bonds. The third-order valence-electron chi connectivity index (χ3n) is 4.12. The highest BCUT2D eigenvalue weighted by Crippen LogP contribution is 2.34. The van der Waals surface area contributed by atoms with Crippen LogP contribution >= 0.6 is 11.8 Å². The summed E-state index contributed by atoms with van der Waals surface area (Å²) in [7, 11) is 0. The molecule has 0 radical (unpaired) electrons. The minimum atomic E-state index is -0.503. The zero-order valence-corrected chi connectivity index (χ0v) is 15.3. The molecule has 1 aromatic carbocycles. The molecule has 0 unspecified atom stereocenters. The average molecular weight is 394 g/mol. The molecule has 0 bridgehead atoms. The number of nitrogens with two attached hydrogens (primary N) is 1. The second kappa shape index (κ2) is 7.24. The van der Waals surface area contributed by atoms with Crippen LogP contribution in [-0.2, 0) is 11.3 Å². The maximum absolute atomic E-state index is 12.5. The summed E-state index contributed by atoms with van der Waals surface area (Å²) in [6.07, 6.45) is 3.03. The Morgan fingerprint density at radius 1 is 1.11 bits per heavy atom. The molecule has 0 saturated carbocycles. The van der Waals surface area contributed by atoms with Crippen LogP contribution in [0.15, 0.2) is 68.5 Å². The second-order valence-corrected chi connectivity index (χ2v) is 6.98. The molecule has 0 aliphatic carbocycles. The second-order valence-electron chi connectivity index (χ2n) is 5.99. The summed E-state index contributed by atoms with van der Waals surface area (Å²) >= 11 is 0.854. The molecule has 0 spiro atoms. The van der Waals surface area contributed by atoms with Crippen LogP contribution < -0.4 is 5.73 Å². The van der Waals surface area contributed by atoms with Gasteiger partial charge in [-0.25, -0.2) is 0 Å². The van der Waals surface area contributed by atoms with Crippen molar-refractivity contribution in [1.82, 2.24) is 4.90 Å². The summed E-state index contributed by atoms with van der Waals surface area (Å²) in [4.78, 5) is 37.2. The molecule has 4 rings (SSSR count). The Morgan fingerprint density at radius 2 is 1.89 bits per heavy atom. The number of primary amides is 1. The number of rotatable bonds is 5. The van der Waals surface area contributed by atoms with Gasteiger partial charge in [-0.15, -0.1) is 0 Å². The Morgan fingerprint density at radius 3 is 2.57 bits per heavy atom. The van der Waals surface area contributed by atoms with Crippen molar-refractivity contribution in [2.75, 3.05) is 0 Å². The van der Waals surface area contributed by atoms with E-state index in [9.17, 15) is 14.4 Å². The van der Waals surface area contributed by atoms with Crippen LogP contribution in [0, 0.1) is 0 Å². The van der Waals surface area contributed by atoms with Gasteiger partial charge in [-0.1, -0.05) is 12.1 Å². The SMILES string of the molecule is NC(=O)c1ccc(-c2ccc(/C=C3/SC(=O)N(Cc4ccco4)C3=O)o2)cc1. The quantitative estimate of drug-likeness (QED) is 0.658. The fraction of sp³-hybridized carbons (Fsp3) is 0.0500. The van der Waals surface area contributed by atoms with Crippen molar-refractivity contribution in [2.24, 2.45) is 5.73 Å². The van der Waals surface area contributed by atoms with Crippen molar-refractivity contribution in [3.8, 4) is 11.3 Å². The van der Waals surface area contributed by atoms with Gasteiger partial charge in [0.05, 0.1) is 17.7 Å². The monoisotopic (exact) mass is 394 g/mol. The molecule has 1 aliphatic rings. The van der Waals surface area contributed by atoms with Gasteiger partial charge < -0.3 is 14.6 Å². The topological polar surface area (TPSA) is 107 Å². The number of furan rings is 2. The van der Waals surface area contributed by atoms with E-state index in [1.54, 1.807) is 48.5 Å². The van der Waals surface area contributed by atoms with E-state index in [4.69, 9.17) is 14.6 Å². The van der Waals surface area contributed by atoms with Crippen LogP contribution in [0.4, 0.5) is 4.79 Å². The highest BCUT2D eigenvalue weighted by atomic mass is 32.2. The van der Waals surface area contributed by atoms with Crippen molar-refractivity contribution in [1.29, 1.82) is 0 Å². The molecule has 1 aliphatic heterocycles. The molecule has 1 fully saturated rings. The predicted octanol–water partition coefficient (Wildman–Crippen LogP) is 3.88. The zero-order valence-electron chi connectivity index (χ0n) is 14.5. The normalized spacial score (nSPS) is 15.6. The van der Waals surface area contributed by atoms with Crippen molar-refractivity contribution in [3.05, 3.63) is 76.8 Å². The van der Waals surface area contributed by atoms with Crippen LogP contribution in [-0.4, -0.2) is 22.0 Å². The van der Waals surface area contributed by atoms with E-state index in [2.05, 4.69) is 0 Å². The van der Waals surface area contributed by atoms with E-state index < -0.39 is 11.8 Å². The number of amides is 3. The Labute approximate surface area is 163 Å². The zero-order chi connectivity index (χ0) is 19.7. The van der Waals surface area contributed by atoms with Gasteiger partial charge in [0.1, 0.15) is 17.3 Å². The van der Waals surface area contributed by atoms with Gasteiger partial charge in [-0.05, 0) is 48.2 Å². The van der Waals surface area contributed by atoms with Gasteiger partial charge >= 0.3 is 0 Å². The largest absolute Gasteiger partial charge is 0.467 e. The molecular weight excluding hydrogens is 380 g/mol.